The van der Waals surface area contributed by atoms with Gasteiger partial charge in [-0.3, -0.25) is 10.1 Å². The Morgan fingerprint density at radius 1 is 1.17 bits per heavy atom. The summed E-state index contributed by atoms with van der Waals surface area (Å²) >= 11 is 7.23. The van der Waals surface area contributed by atoms with Gasteiger partial charge in [-0.25, -0.2) is 22.6 Å². The van der Waals surface area contributed by atoms with Gasteiger partial charge in [0.25, 0.3) is 5.91 Å². The lowest BCUT2D eigenvalue weighted by molar-refractivity contribution is -0.119. The van der Waals surface area contributed by atoms with E-state index in [1.165, 1.54) is 28.6 Å². The predicted molar refractivity (Wildman–Crippen MR) is 127 cm³/mol. The molecule has 2 aromatic carbocycles. The number of carbonyl (C=O) groups excluding carboxylic acids is 2. The summed E-state index contributed by atoms with van der Waals surface area (Å²) in [5, 5.41) is 4.45. The fourth-order valence-electron chi connectivity index (χ4n) is 3.21. The van der Waals surface area contributed by atoms with Gasteiger partial charge in [0.05, 0.1) is 34.4 Å². The fraction of sp³-hybridized carbons (Fsp3) is 0.227. The molecule has 0 unspecified atom stereocenters. The number of esters is 1. The van der Waals surface area contributed by atoms with E-state index in [0.29, 0.717) is 11.3 Å². The smallest absolute Gasteiger partial charge is 0.340 e. The van der Waals surface area contributed by atoms with E-state index >= 15 is 0 Å². The Labute approximate surface area is 209 Å². The van der Waals surface area contributed by atoms with E-state index < -0.39 is 28.5 Å². The number of rotatable bonds is 7. The molecule has 0 atom stereocenters. The molecule has 1 amide bonds. The Bertz CT molecular complexity index is 1340. The van der Waals surface area contributed by atoms with Crippen molar-refractivity contribution in [2.75, 3.05) is 38.2 Å². The van der Waals surface area contributed by atoms with Crippen LogP contribution in [-0.2, 0) is 24.3 Å². The van der Waals surface area contributed by atoms with E-state index in [1.54, 1.807) is 17.5 Å². The molecule has 1 N–H and O–H groups in total. The first-order valence-corrected chi connectivity index (χ1v) is 13.0. The van der Waals surface area contributed by atoms with Crippen LogP contribution in [-0.4, -0.2) is 62.5 Å². The van der Waals surface area contributed by atoms with Gasteiger partial charge in [-0.1, -0.05) is 11.6 Å². The number of aromatic nitrogens is 1. The zero-order valence-electron chi connectivity index (χ0n) is 18.1. The van der Waals surface area contributed by atoms with Gasteiger partial charge in [-0.05, 0) is 42.5 Å². The van der Waals surface area contributed by atoms with Crippen molar-refractivity contribution >= 4 is 50.0 Å². The number of nitrogens with one attached hydrogen (secondary N) is 1. The van der Waals surface area contributed by atoms with Gasteiger partial charge in [-0.15, -0.1) is 11.3 Å². The van der Waals surface area contributed by atoms with Crippen molar-refractivity contribution in [2.45, 2.75) is 4.90 Å². The van der Waals surface area contributed by atoms with Crippen LogP contribution in [0.2, 0.25) is 5.02 Å². The van der Waals surface area contributed by atoms with E-state index in [2.05, 4.69) is 10.3 Å². The van der Waals surface area contributed by atoms with Crippen molar-refractivity contribution in [3.63, 3.8) is 0 Å². The molecule has 0 saturated carbocycles. The van der Waals surface area contributed by atoms with Crippen molar-refractivity contribution in [1.82, 2.24) is 9.29 Å². The second-order valence-electron chi connectivity index (χ2n) is 7.33. The highest BCUT2D eigenvalue weighted by atomic mass is 35.5. The normalized spacial score (nSPS) is 14.5. The number of thiazole rings is 1. The van der Waals surface area contributed by atoms with E-state index in [9.17, 15) is 22.4 Å². The molecular formula is C22H19ClFN3O6S2. The molecule has 4 rings (SSSR count). The molecule has 13 heteroatoms. The maximum atomic E-state index is 13.1. The third-order valence-corrected chi connectivity index (χ3v) is 7.97. The average molecular weight is 540 g/mol. The Morgan fingerprint density at radius 3 is 2.60 bits per heavy atom. The second kappa shape index (κ2) is 10.8. The number of carbonyl (C=O) groups is 2. The molecule has 35 heavy (non-hydrogen) atoms. The average Bonchev–Trinajstić information content (AvgIpc) is 3.32. The van der Waals surface area contributed by atoms with E-state index in [4.69, 9.17) is 21.1 Å². The van der Waals surface area contributed by atoms with Gasteiger partial charge in [0.15, 0.2) is 11.7 Å². The lowest BCUT2D eigenvalue weighted by Gasteiger charge is -2.26. The van der Waals surface area contributed by atoms with E-state index in [1.807, 2.05) is 0 Å². The molecule has 3 aromatic rings. The number of anilines is 1. The molecule has 1 saturated heterocycles. The summed E-state index contributed by atoms with van der Waals surface area (Å²) in [6.07, 6.45) is 0. The number of hydrogen-bond donors (Lipinski definition) is 1. The van der Waals surface area contributed by atoms with Crippen molar-refractivity contribution in [3.8, 4) is 11.3 Å². The van der Waals surface area contributed by atoms with Crippen molar-refractivity contribution < 1.29 is 31.9 Å². The van der Waals surface area contributed by atoms with Crippen LogP contribution in [0.25, 0.3) is 11.3 Å². The fourth-order valence-corrected chi connectivity index (χ4v) is 5.57. The highest BCUT2D eigenvalue weighted by Crippen LogP contribution is 2.26. The first kappa shape index (κ1) is 25.2. The summed E-state index contributed by atoms with van der Waals surface area (Å²) in [4.78, 5) is 28.9. The van der Waals surface area contributed by atoms with Gasteiger partial charge in [0, 0.05) is 24.0 Å². The lowest BCUT2D eigenvalue weighted by atomic mass is 10.2. The molecule has 1 aliphatic rings. The standard InChI is InChI=1S/C22H19ClFN3O6S2/c23-18-6-5-16(35(30,31)27-7-9-32-10-8-27)11-17(18)21(29)33-12-20(28)26-22-25-19(13-34-22)14-1-3-15(24)4-2-14/h1-6,11,13H,7-10,12H2,(H,25,26,28). The van der Waals surface area contributed by atoms with Crippen molar-refractivity contribution in [2.24, 2.45) is 0 Å². The van der Waals surface area contributed by atoms with Crippen LogP contribution in [0.15, 0.2) is 52.7 Å². The van der Waals surface area contributed by atoms with Crippen LogP contribution in [0.3, 0.4) is 0 Å². The van der Waals surface area contributed by atoms with E-state index in [0.717, 1.165) is 17.4 Å². The second-order valence-corrected chi connectivity index (χ2v) is 10.5. The molecule has 0 spiro atoms. The topological polar surface area (TPSA) is 115 Å². The molecule has 1 fully saturated rings. The summed E-state index contributed by atoms with van der Waals surface area (Å²) in [5.74, 6) is -1.97. The summed E-state index contributed by atoms with van der Waals surface area (Å²) in [6.45, 7) is 0.318. The van der Waals surface area contributed by atoms with Crippen LogP contribution >= 0.6 is 22.9 Å². The molecule has 2 heterocycles. The molecule has 184 valence electrons. The number of nitrogens with zero attached hydrogens (tertiary/aromatic N) is 2. The van der Waals surface area contributed by atoms with Crippen molar-refractivity contribution in [3.05, 3.63) is 64.2 Å². The highest BCUT2D eigenvalue weighted by molar-refractivity contribution is 7.89. The Balaban J connectivity index is 1.38. The van der Waals surface area contributed by atoms with Crippen molar-refractivity contribution in [1.29, 1.82) is 0 Å². The Hall–Kier alpha value is -2.90. The Kier molecular flexibility index (Phi) is 7.77. The van der Waals surface area contributed by atoms with Crippen LogP contribution in [0.4, 0.5) is 9.52 Å². The molecule has 0 radical (unpaired) electrons. The lowest BCUT2D eigenvalue weighted by Crippen LogP contribution is -2.40. The number of amides is 1. The molecule has 0 bridgehead atoms. The minimum absolute atomic E-state index is 0.0137. The highest BCUT2D eigenvalue weighted by Gasteiger charge is 2.28. The number of hydrogen-bond acceptors (Lipinski definition) is 8. The van der Waals surface area contributed by atoms with Crippen LogP contribution < -0.4 is 5.32 Å². The Morgan fingerprint density at radius 2 is 1.89 bits per heavy atom. The quantitative estimate of drug-likeness (QED) is 0.457. The number of halogens is 2. The van der Waals surface area contributed by atoms with Crippen LogP contribution in [0, 0.1) is 5.82 Å². The van der Waals surface area contributed by atoms with Crippen LogP contribution in [0.1, 0.15) is 10.4 Å². The number of sulfonamides is 1. The number of morpholine rings is 1. The SMILES string of the molecule is O=C(COC(=O)c1cc(S(=O)(=O)N2CCOCC2)ccc1Cl)Nc1nc(-c2ccc(F)cc2)cs1. The predicted octanol–water partition coefficient (Wildman–Crippen LogP) is 3.42. The van der Waals surface area contributed by atoms with Crippen LogP contribution in [0.5, 0.6) is 0 Å². The maximum absolute atomic E-state index is 13.1. The first-order valence-electron chi connectivity index (χ1n) is 10.3. The van der Waals surface area contributed by atoms with Gasteiger partial charge in [0.2, 0.25) is 10.0 Å². The third-order valence-electron chi connectivity index (χ3n) is 4.99. The summed E-state index contributed by atoms with van der Waals surface area (Å²) in [6, 6.07) is 9.46. The number of ether oxygens (including phenoxy) is 2. The molecule has 0 aliphatic carbocycles. The minimum atomic E-state index is -3.85. The van der Waals surface area contributed by atoms with E-state index in [-0.39, 0.29) is 52.7 Å². The molecule has 9 nitrogen and oxygen atoms in total. The zero-order chi connectivity index (χ0) is 25.0. The molecule has 1 aliphatic heterocycles. The largest absolute Gasteiger partial charge is 0.452 e. The maximum Gasteiger partial charge on any atom is 0.340 e. The van der Waals surface area contributed by atoms with Gasteiger partial charge in [-0.2, -0.15) is 4.31 Å². The first-order chi connectivity index (χ1) is 16.7. The monoisotopic (exact) mass is 539 g/mol. The summed E-state index contributed by atoms with van der Waals surface area (Å²) < 4.78 is 50.3. The van der Waals surface area contributed by atoms with Gasteiger partial charge < -0.3 is 9.47 Å². The minimum Gasteiger partial charge on any atom is -0.452 e. The molecule has 1 aromatic heterocycles. The zero-order valence-corrected chi connectivity index (χ0v) is 20.5. The van der Waals surface area contributed by atoms with Gasteiger partial charge in [0.1, 0.15) is 5.82 Å². The summed E-state index contributed by atoms with van der Waals surface area (Å²) in [5.41, 5.74) is 1.05. The molecular weight excluding hydrogens is 521 g/mol. The number of benzene rings is 2. The summed E-state index contributed by atoms with van der Waals surface area (Å²) in [7, 11) is -3.85. The van der Waals surface area contributed by atoms with Gasteiger partial charge >= 0.3 is 5.97 Å². The third kappa shape index (κ3) is 6.03.